The summed E-state index contributed by atoms with van der Waals surface area (Å²) in [5.41, 5.74) is 6.27. The number of nitrogens with two attached hydrogens (primary N) is 1. The van der Waals surface area contributed by atoms with Crippen LogP contribution in [0.3, 0.4) is 0 Å². The van der Waals surface area contributed by atoms with Crippen LogP contribution in [0.15, 0.2) is 30.3 Å². The van der Waals surface area contributed by atoms with E-state index < -0.39 is 24.0 Å². The van der Waals surface area contributed by atoms with Crippen molar-refractivity contribution in [1.29, 1.82) is 0 Å². The van der Waals surface area contributed by atoms with Crippen LogP contribution in [0.1, 0.15) is 18.4 Å². The Balaban J connectivity index is 2.99. The fourth-order valence-electron chi connectivity index (χ4n) is 1.61. The lowest BCUT2D eigenvalue weighted by Gasteiger charge is -2.23. The van der Waals surface area contributed by atoms with Crippen molar-refractivity contribution in [3.63, 3.8) is 0 Å². The highest BCUT2D eigenvalue weighted by Gasteiger charge is 2.29. The third-order valence-corrected chi connectivity index (χ3v) is 2.38. The number of carboxylic acids is 1. The van der Waals surface area contributed by atoms with Crippen LogP contribution in [0.25, 0.3) is 0 Å². The van der Waals surface area contributed by atoms with E-state index in [-0.39, 0.29) is 0 Å². The molecule has 0 amide bonds. The molecule has 0 fully saturated rings. The lowest BCUT2D eigenvalue weighted by atomic mass is 9.88. The van der Waals surface area contributed by atoms with Crippen LogP contribution in [0.5, 0.6) is 0 Å². The third kappa shape index (κ3) is 2.78. The van der Waals surface area contributed by atoms with Gasteiger partial charge >= 0.3 is 5.97 Å². The molecule has 82 valence electrons. The zero-order valence-electron chi connectivity index (χ0n) is 8.50. The van der Waals surface area contributed by atoms with E-state index in [2.05, 4.69) is 0 Å². The Morgan fingerprint density at radius 1 is 1.33 bits per heavy atom. The summed E-state index contributed by atoms with van der Waals surface area (Å²) in [4.78, 5) is 10.8. The molecule has 0 radical (unpaired) electrons. The van der Waals surface area contributed by atoms with E-state index in [9.17, 15) is 9.90 Å². The number of aliphatic hydroxyl groups is 1. The molecule has 0 bridgehead atoms. The van der Waals surface area contributed by atoms with E-state index in [1.54, 1.807) is 31.2 Å². The number of hydrogen-bond donors (Lipinski definition) is 3. The van der Waals surface area contributed by atoms with Gasteiger partial charge in [-0.3, -0.25) is 4.79 Å². The monoisotopic (exact) mass is 209 g/mol. The van der Waals surface area contributed by atoms with Gasteiger partial charge in [0.05, 0.1) is 6.10 Å². The Kier molecular flexibility index (Phi) is 3.82. The summed E-state index contributed by atoms with van der Waals surface area (Å²) in [5.74, 6) is -1.69. The molecule has 0 aliphatic heterocycles. The lowest BCUT2D eigenvalue weighted by Crippen LogP contribution is -2.41. The smallest absolute Gasteiger partial charge is 0.321 e. The highest BCUT2D eigenvalue weighted by Crippen LogP contribution is 2.22. The highest BCUT2D eigenvalue weighted by atomic mass is 16.4. The van der Waals surface area contributed by atoms with E-state index in [1.165, 1.54) is 0 Å². The number of hydrogen-bond acceptors (Lipinski definition) is 3. The minimum Gasteiger partial charge on any atom is -0.480 e. The normalized spacial score (nSPS) is 16.7. The largest absolute Gasteiger partial charge is 0.480 e. The van der Waals surface area contributed by atoms with Crippen LogP contribution in [-0.4, -0.2) is 28.3 Å². The molecule has 1 aromatic carbocycles. The molecule has 3 atom stereocenters. The van der Waals surface area contributed by atoms with Crippen molar-refractivity contribution < 1.29 is 15.0 Å². The second-order valence-corrected chi connectivity index (χ2v) is 3.54. The summed E-state index contributed by atoms with van der Waals surface area (Å²) in [7, 11) is 0. The molecule has 4 N–H and O–H groups in total. The number of aliphatic hydroxyl groups excluding tert-OH is 1. The van der Waals surface area contributed by atoms with Gasteiger partial charge in [-0.15, -0.1) is 0 Å². The van der Waals surface area contributed by atoms with Crippen LogP contribution in [-0.2, 0) is 4.79 Å². The summed E-state index contributed by atoms with van der Waals surface area (Å²) in [6, 6.07) is 7.85. The molecular formula is C11H15NO3. The molecule has 1 aromatic rings. The molecule has 4 nitrogen and oxygen atoms in total. The first-order valence-corrected chi connectivity index (χ1v) is 4.75. The Morgan fingerprint density at radius 3 is 2.27 bits per heavy atom. The first-order chi connectivity index (χ1) is 7.04. The second-order valence-electron chi connectivity index (χ2n) is 3.54. The quantitative estimate of drug-likeness (QED) is 0.676. The van der Waals surface area contributed by atoms with Crippen LogP contribution >= 0.6 is 0 Å². The zero-order valence-corrected chi connectivity index (χ0v) is 8.50. The number of carbonyl (C=O) groups is 1. The first-order valence-electron chi connectivity index (χ1n) is 4.75. The minimum absolute atomic E-state index is 0.580. The van der Waals surface area contributed by atoms with Gasteiger partial charge < -0.3 is 15.9 Å². The van der Waals surface area contributed by atoms with Gasteiger partial charge in [0.1, 0.15) is 6.04 Å². The highest BCUT2D eigenvalue weighted by molar-refractivity contribution is 5.74. The summed E-state index contributed by atoms with van der Waals surface area (Å²) >= 11 is 0. The van der Waals surface area contributed by atoms with Crippen molar-refractivity contribution in [2.45, 2.75) is 25.0 Å². The second kappa shape index (κ2) is 4.91. The SMILES string of the molecule is C[C@H](O)[C@@H](c1ccccc1)[C@H](N)C(=O)O. The van der Waals surface area contributed by atoms with Gasteiger partial charge in [0.15, 0.2) is 0 Å². The van der Waals surface area contributed by atoms with Crippen molar-refractivity contribution in [3.8, 4) is 0 Å². The van der Waals surface area contributed by atoms with E-state index in [1.807, 2.05) is 6.07 Å². The van der Waals surface area contributed by atoms with Crippen LogP contribution in [0.2, 0.25) is 0 Å². The Labute approximate surface area is 88.3 Å². The molecule has 0 saturated heterocycles. The molecule has 0 unspecified atom stereocenters. The van der Waals surface area contributed by atoms with Crippen molar-refractivity contribution >= 4 is 5.97 Å². The van der Waals surface area contributed by atoms with Crippen molar-refractivity contribution in [2.24, 2.45) is 5.73 Å². The van der Waals surface area contributed by atoms with Gasteiger partial charge in [0, 0.05) is 5.92 Å². The van der Waals surface area contributed by atoms with E-state index in [0.29, 0.717) is 0 Å². The topological polar surface area (TPSA) is 83.5 Å². The molecule has 15 heavy (non-hydrogen) atoms. The number of aliphatic carboxylic acids is 1. The Morgan fingerprint density at radius 2 is 1.87 bits per heavy atom. The molecule has 0 heterocycles. The standard InChI is InChI=1S/C11H15NO3/c1-7(13)9(10(12)11(14)15)8-5-3-2-4-6-8/h2-7,9-10,13H,12H2,1H3,(H,14,15)/t7-,9-,10-/m0/s1. The van der Waals surface area contributed by atoms with Gasteiger partial charge in [-0.25, -0.2) is 0 Å². The predicted molar refractivity (Wildman–Crippen MR) is 56.5 cm³/mol. The maximum absolute atomic E-state index is 10.8. The first kappa shape index (κ1) is 11.7. The molecule has 0 spiro atoms. The fraction of sp³-hybridized carbons (Fsp3) is 0.364. The Bertz CT molecular complexity index is 324. The molecule has 0 aliphatic carbocycles. The van der Waals surface area contributed by atoms with E-state index in [4.69, 9.17) is 10.8 Å². The average molecular weight is 209 g/mol. The molecule has 0 aliphatic rings. The van der Waals surface area contributed by atoms with Crippen LogP contribution < -0.4 is 5.73 Å². The van der Waals surface area contributed by atoms with Gasteiger partial charge in [-0.2, -0.15) is 0 Å². The molecule has 4 heteroatoms. The lowest BCUT2D eigenvalue weighted by molar-refractivity contribution is -0.139. The number of carboxylic acid groups (broad SMARTS) is 1. The fourth-order valence-corrected chi connectivity index (χ4v) is 1.61. The third-order valence-electron chi connectivity index (χ3n) is 2.38. The minimum atomic E-state index is -1.11. The maximum Gasteiger partial charge on any atom is 0.321 e. The summed E-state index contributed by atoms with van der Waals surface area (Å²) < 4.78 is 0. The predicted octanol–water partition coefficient (Wildman–Crippen LogP) is 0.563. The molecule has 0 saturated carbocycles. The molecule has 1 rings (SSSR count). The average Bonchev–Trinajstić information content (AvgIpc) is 2.18. The van der Waals surface area contributed by atoms with Gasteiger partial charge in [0.25, 0.3) is 0 Å². The molecular weight excluding hydrogens is 194 g/mol. The Hall–Kier alpha value is -1.39. The maximum atomic E-state index is 10.8. The summed E-state index contributed by atoms with van der Waals surface area (Å²) in [5, 5.41) is 18.4. The van der Waals surface area contributed by atoms with Crippen molar-refractivity contribution in [2.75, 3.05) is 0 Å². The summed E-state index contributed by atoms with van der Waals surface area (Å²) in [6.07, 6.45) is -0.793. The van der Waals surface area contributed by atoms with Gasteiger partial charge in [-0.05, 0) is 12.5 Å². The number of benzene rings is 1. The van der Waals surface area contributed by atoms with Crippen molar-refractivity contribution in [1.82, 2.24) is 0 Å². The van der Waals surface area contributed by atoms with Gasteiger partial charge in [0.2, 0.25) is 0 Å². The van der Waals surface area contributed by atoms with Crippen LogP contribution in [0, 0.1) is 0 Å². The van der Waals surface area contributed by atoms with Crippen molar-refractivity contribution in [3.05, 3.63) is 35.9 Å². The number of rotatable bonds is 4. The molecule has 0 aromatic heterocycles. The summed E-state index contributed by atoms with van der Waals surface area (Å²) in [6.45, 7) is 1.54. The van der Waals surface area contributed by atoms with Gasteiger partial charge in [-0.1, -0.05) is 30.3 Å². The van der Waals surface area contributed by atoms with E-state index in [0.717, 1.165) is 5.56 Å². The van der Waals surface area contributed by atoms with E-state index >= 15 is 0 Å². The zero-order chi connectivity index (χ0) is 11.4. The van der Waals surface area contributed by atoms with Crippen LogP contribution in [0.4, 0.5) is 0 Å².